The molecule has 0 aliphatic heterocycles. The van der Waals surface area contributed by atoms with Crippen molar-refractivity contribution in [3.63, 3.8) is 0 Å². The molecule has 4 heteroatoms. The molecule has 1 aromatic heterocycles. The highest BCUT2D eigenvalue weighted by molar-refractivity contribution is 5.84. The molecule has 1 unspecified atom stereocenters. The second-order valence-corrected chi connectivity index (χ2v) is 5.32. The van der Waals surface area contributed by atoms with Crippen LogP contribution in [-0.2, 0) is 11.3 Å². The van der Waals surface area contributed by atoms with Crippen molar-refractivity contribution < 1.29 is 4.79 Å². The van der Waals surface area contributed by atoms with Crippen molar-refractivity contribution in [2.24, 2.45) is 0 Å². The van der Waals surface area contributed by atoms with Crippen LogP contribution in [0.5, 0.6) is 0 Å². The second kappa shape index (κ2) is 7.76. The summed E-state index contributed by atoms with van der Waals surface area (Å²) in [6, 6.07) is 6.09. The van der Waals surface area contributed by atoms with Crippen molar-refractivity contribution in [2.75, 3.05) is 6.54 Å². The average Bonchev–Trinajstić information content (AvgIpc) is 2.69. The van der Waals surface area contributed by atoms with Gasteiger partial charge in [0.1, 0.15) is 5.78 Å². The first-order valence-electron chi connectivity index (χ1n) is 7.34. The SMILES string of the molecule is N#CCCN(Cc1cccnc1)C1CCCCCC1=O. The first-order chi connectivity index (χ1) is 9.81. The molecule has 2 rings (SSSR count). The highest BCUT2D eigenvalue weighted by atomic mass is 16.1. The number of ketones is 1. The summed E-state index contributed by atoms with van der Waals surface area (Å²) in [5, 5.41) is 8.83. The van der Waals surface area contributed by atoms with Crippen LogP contribution in [0.1, 0.15) is 44.1 Å². The summed E-state index contributed by atoms with van der Waals surface area (Å²) >= 11 is 0. The van der Waals surface area contributed by atoms with Crippen LogP contribution in [0.3, 0.4) is 0 Å². The van der Waals surface area contributed by atoms with E-state index in [1.807, 2.05) is 18.3 Å². The Morgan fingerprint density at radius 2 is 2.30 bits per heavy atom. The standard InChI is InChI=1S/C16H21N3O/c17-9-5-11-19(13-14-6-4-10-18-12-14)15-7-2-1-3-8-16(15)20/h4,6,10,12,15H,1-3,5,7-8,11,13H2. The van der Waals surface area contributed by atoms with E-state index in [0.29, 0.717) is 31.7 Å². The quantitative estimate of drug-likeness (QED) is 0.773. The van der Waals surface area contributed by atoms with Crippen LogP contribution >= 0.6 is 0 Å². The maximum absolute atomic E-state index is 12.3. The minimum atomic E-state index is -0.0222. The minimum absolute atomic E-state index is 0.0222. The maximum Gasteiger partial charge on any atom is 0.149 e. The first-order valence-corrected chi connectivity index (χ1v) is 7.34. The molecule has 0 spiro atoms. The van der Waals surface area contributed by atoms with Crippen LogP contribution in [0.25, 0.3) is 0 Å². The summed E-state index contributed by atoms with van der Waals surface area (Å²) in [5.41, 5.74) is 1.10. The lowest BCUT2D eigenvalue weighted by atomic mass is 10.0. The fraction of sp³-hybridized carbons (Fsp3) is 0.562. The Bertz CT molecular complexity index is 466. The largest absolute Gasteiger partial charge is 0.298 e. The Morgan fingerprint density at radius 1 is 1.40 bits per heavy atom. The van der Waals surface area contributed by atoms with Crippen molar-refractivity contribution in [3.05, 3.63) is 30.1 Å². The molecule has 1 atom stereocenters. The van der Waals surface area contributed by atoms with Gasteiger partial charge in [-0.05, 0) is 24.5 Å². The monoisotopic (exact) mass is 271 g/mol. The third-order valence-corrected chi connectivity index (χ3v) is 3.83. The zero-order valence-corrected chi connectivity index (χ0v) is 11.8. The molecule has 1 aliphatic rings. The predicted octanol–water partition coefficient (Wildman–Crippen LogP) is 2.70. The molecule has 0 amide bonds. The van der Waals surface area contributed by atoms with Crippen LogP contribution in [0.4, 0.5) is 0 Å². The van der Waals surface area contributed by atoms with E-state index in [1.165, 1.54) is 0 Å². The van der Waals surface area contributed by atoms with E-state index in [-0.39, 0.29) is 6.04 Å². The average molecular weight is 271 g/mol. The van der Waals surface area contributed by atoms with Gasteiger partial charge in [0.05, 0.1) is 12.1 Å². The third-order valence-electron chi connectivity index (χ3n) is 3.83. The van der Waals surface area contributed by atoms with Gasteiger partial charge in [0.2, 0.25) is 0 Å². The van der Waals surface area contributed by atoms with Crippen molar-refractivity contribution >= 4 is 5.78 Å². The van der Waals surface area contributed by atoms with E-state index in [1.54, 1.807) is 6.20 Å². The van der Waals surface area contributed by atoms with Gasteiger partial charge in [-0.15, -0.1) is 0 Å². The van der Waals surface area contributed by atoms with Gasteiger partial charge >= 0.3 is 0 Å². The summed E-state index contributed by atoms with van der Waals surface area (Å²) in [6.45, 7) is 1.35. The van der Waals surface area contributed by atoms with Gasteiger partial charge in [0.25, 0.3) is 0 Å². The molecule has 0 aromatic carbocycles. The highest BCUT2D eigenvalue weighted by Gasteiger charge is 2.26. The molecule has 1 saturated carbocycles. The van der Waals surface area contributed by atoms with E-state index >= 15 is 0 Å². The highest BCUT2D eigenvalue weighted by Crippen LogP contribution is 2.21. The fourth-order valence-corrected chi connectivity index (χ4v) is 2.79. The Balaban J connectivity index is 2.09. The van der Waals surface area contributed by atoms with Crippen molar-refractivity contribution in [2.45, 2.75) is 51.1 Å². The van der Waals surface area contributed by atoms with Gasteiger partial charge < -0.3 is 0 Å². The summed E-state index contributed by atoms with van der Waals surface area (Å²) in [7, 11) is 0. The molecule has 4 nitrogen and oxygen atoms in total. The van der Waals surface area contributed by atoms with Gasteiger partial charge in [-0.2, -0.15) is 5.26 Å². The fourth-order valence-electron chi connectivity index (χ4n) is 2.79. The molecule has 0 bridgehead atoms. The van der Waals surface area contributed by atoms with Gasteiger partial charge in [-0.25, -0.2) is 0 Å². The van der Waals surface area contributed by atoms with Crippen LogP contribution in [-0.4, -0.2) is 28.3 Å². The molecular formula is C16H21N3O. The number of nitriles is 1. The maximum atomic E-state index is 12.3. The Hall–Kier alpha value is -1.73. The Morgan fingerprint density at radius 3 is 3.05 bits per heavy atom. The van der Waals surface area contributed by atoms with E-state index in [4.69, 9.17) is 5.26 Å². The zero-order valence-electron chi connectivity index (χ0n) is 11.8. The number of Topliss-reactive ketones (excluding diaryl/α,β-unsaturated/α-hetero) is 1. The van der Waals surface area contributed by atoms with E-state index in [0.717, 1.165) is 31.2 Å². The molecule has 20 heavy (non-hydrogen) atoms. The van der Waals surface area contributed by atoms with Crippen LogP contribution in [0.2, 0.25) is 0 Å². The topological polar surface area (TPSA) is 57.0 Å². The van der Waals surface area contributed by atoms with Crippen molar-refractivity contribution in [1.82, 2.24) is 9.88 Å². The van der Waals surface area contributed by atoms with Crippen molar-refractivity contribution in [1.29, 1.82) is 5.26 Å². The van der Waals surface area contributed by atoms with Crippen molar-refractivity contribution in [3.8, 4) is 6.07 Å². The first kappa shape index (κ1) is 14.7. The smallest absolute Gasteiger partial charge is 0.149 e. The lowest BCUT2D eigenvalue weighted by Crippen LogP contribution is -2.40. The number of hydrogen-bond acceptors (Lipinski definition) is 4. The molecular weight excluding hydrogens is 250 g/mol. The molecule has 1 aromatic rings. The molecule has 0 N–H and O–H groups in total. The number of rotatable bonds is 5. The van der Waals surface area contributed by atoms with Crippen LogP contribution in [0, 0.1) is 11.3 Å². The van der Waals surface area contributed by atoms with Gasteiger partial charge in [0.15, 0.2) is 0 Å². The molecule has 0 saturated heterocycles. The molecule has 1 fully saturated rings. The van der Waals surface area contributed by atoms with Gasteiger partial charge in [-0.3, -0.25) is 14.7 Å². The summed E-state index contributed by atoms with van der Waals surface area (Å²) in [6.07, 6.45) is 8.90. The molecule has 106 valence electrons. The van der Waals surface area contributed by atoms with E-state index in [2.05, 4.69) is 16.0 Å². The third kappa shape index (κ3) is 4.14. The molecule has 1 aliphatic carbocycles. The Kier molecular flexibility index (Phi) is 5.69. The summed E-state index contributed by atoms with van der Waals surface area (Å²) in [4.78, 5) is 18.6. The number of carbonyl (C=O) groups excluding carboxylic acids is 1. The zero-order chi connectivity index (χ0) is 14.2. The van der Waals surface area contributed by atoms with E-state index < -0.39 is 0 Å². The number of aromatic nitrogens is 1. The number of carbonyl (C=O) groups is 1. The molecule has 0 radical (unpaired) electrons. The lowest BCUT2D eigenvalue weighted by Gasteiger charge is -2.29. The summed E-state index contributed by atoms with van der Waals surface area (Å²) in [5.74, 6) is 0.337. The lowest BCUT2D eigenvalue weighted by molar-refractivity contribution is -0.124. The number of pyridine rings is 1. The number of nitrogens with zero attached hydrogens (tertiary/aromatic N) is 3. The predicted molar refractivity (Wildman–Crippen MR) is 76.8 cm³/mol. The second-order valence-electron chi connectivity index (χ2n) is 5.32. The van der Waals surface area contributed by atoms with Crippen LogP contribution < -0.4 is 0 Å². The molecule has 1 heterocycles. The van der Waals surface area contributed by atoms with Gasteiger partial charge in [-0.1, -0.05) is 18.9 Å². The van der Waals surface area contributed by atoms with Gasteiger partial charge in [0, 0.05) is 38.3 Å². The summed E-state index contributed by atoms with van der Waals surface area (Å²) < 4.78 is 0. The van der Waals surface area contributed by atoms with E-state index in [9.17, 15) is 4.79 Å². The Labute approximate surface area is 120 Å². The normalized spacial score (nSPS) is 19.6. The minimum Gasteiger partial charge on any atom is -0.298 e. The van der Waals surface area contributed by atoms with Crippen LogP contribution in [0.15, 0.2) is 24.5 Å². The number of hydrogen-bond donors (Lipinski definition) is 0.